The van der Waals surface area contributed by atoms with Gasteiger partial charge in [-0.3, -0.25) is 0 Å². The van der Waals surface area contributed by atoms with Gasteiger partial charge in [0.2, 0.25) is 0 Å². The minimum atomic E-state index is 1.26. The van der Waals surface area contributed by atoms with Gasteiger partial charge in [-0.15, -0.1) is 0 Å². The Labute approximate surface area is 226 Å². The summed E-state index contributed by atoms with van der Waals surface area (Å²) < 4.78 is 0. The summed E-state index contributed by atoms with van der Waals surface area (Å²) in [5, 5.41) is 0. The monoisotopic (exact) mass is 488 g/mol. The molecule has 0 fully saturated rings. The Morgan fingerprint density at radius 2 is 0.579 bits per heavy atom. The predicted octanol–water partition coefficient (Wildman–Crippen LogP) is 10.7. The fraction of sp³-hybridized carbons (Fsp3) is 0.0526. The first-order valence-electron chi connectivity index (χ1n) is 13.1. The molecule has 0 heterocycles. The molecule has 184 valence electrons. The van der Waals surface area contributed by atoms with Crippen LogP contribution in [0.15, 0.2) is 158 Å². The lowest BCUT2D eigenvalue weighted by Crippen LogP contribution is -1.82. The van der Waals surface area contributed by atoms with Gasteiger partial charge in [0, 0.05) is 0 Å². The SMILES string of the molecule is Cc1ccc(-c2cccc(-c3ccccc3)c2)cc1.Cc1cccc(-c2cccc(-c3ccccc3)c2)c1. The van der Waals surface area contributed by atoms with Crippen LogP contribution in [0.3, 0.4) is 0 Å². The molecule has 0 unspecified atom stereocenters. The highest BCUT2D eigenvalue weighted by molar-refractivity contribution is 5.74. The molecule has 0 nitrogen and oxygen atoms in total. The molecule has 0 bridgehead atoms. The number of benzene rings is 6. The molecule has 0 aliphatic rings. The van der Waals surface area contributed by atoms with E-state index in [0.29, 0.717) is 0 Å². The van der Waals surface area contributed by atoms with Crippen molar-refractivity contribution in [2.45, 2.75) is 13.8 Å². The van der Waals surface area contributed by atoms with Gasteiger partial charge in [-0.25, -0.2) is 0 Å². The van der Waals surface area contributed by atoms with E-state index in [1.54, 1.807) is 0 Å². The van der Waals surface area contributed by atoms with Crippen LogP contribution in [-0.2, 0) is 0 Å². The molecule has 0 heteroatoms. The highest BCUT2D eigenvalue weighted by atomic mass is 14.1. The molecule has 38 heavy (non-hydrogen) atoms. The molecular formula is C38H32. The molecule has 0 saturated carbocycles. The van der Waals surface area contributed by atoms with Crippen molar-refractivity contribution in [2.24, 2.45) is 0 Å². The van der Waals surface area contributed by atoms with E-state index >= 15 is 0 Å². The molecule has 0 N–H and O–H groups in total. The number of hydrogen-bond acceptors (Lipinski definition) is 0. The van der Waals surface area contributed by atoms with Crippen molar-refractivity contribution < 1.29 is 0 Å². The van der Waals surface area contributed by atoms with E-state index in [1.165, 1.54) is 55.6 Å². The molecule has 0 spiro atoms. The smallest absolute Gasteiger partial charge is 0.0178 e. The number of hydrogen-bond donors (Lipinski definition) is 0. The van der Waals surface area contributed by atoms with E-state index in [4.69, 9.17) is 0 Å². The average molecular weight is 489 g/mol. The van der Waals surface area contributed by atoms with Gasteiger partial charge in [-0.1, -0.05) is 157 Å². The molecule has 0 aliphatic heterocycles. The first kappa shape index (κ1) is 25.0. The molecule has 0 aromatic heterocycles. The molecule has 6 aromatic carbocycles. The van der Waals surface area contributed by atoms with Gasteiger partial charge in [0.1, 0.15) is 0 Å². The van der Waals surface area contributed by atoms with E-state index in [0.717, 1.165) is 0 Å². The summed E-state index contributed by atoms with van der Waals surface area (Å²) >= 11 is 0. The van der Waals surface area contributed by atoms with Gasteiger partial charge in [0.15, 0.2) is 0 Å². The third-order valence-electron chi connectivity index (χ3n) is 6.68. The van der Waals surface area contributed by atoms with Crippen molar-refractivity contribution >= 4 is 0 Å². The molecule has 6 aromatic rings. The van der Waals surface area contributed by atoms with Crippen molar-refractivity contribution in [1.82, 2.24) is 0 Å². The quantitative estimate of drug-likeness (QED) is 0.231. The topological polar surface area (TPSA) is 0 Å². The molecular weight excluding hydrogens is 456 g/mol. The third-order valence-corrected chi connectivity index (χ3v) is 6.68. The summed E-state index contributed by atoms with van der Waals surface area (Å²) in [4.78, 5) is 0. The lowest BCUT2D eigenvalue weighted by Gasteiger charge is -2.06. The van der Waals surface area contributed by atoms with E-state index < -0.39 is 0 Å². The molecule has 0 saturated heterocycles. The van der Waals surface area contributed by atoms with E-state index in [-0.39, 0.29) is 0 Å². The van der Waals surface area contributed by atoms with Gasteiger partial charge >= 0.3 is 0 Å². The van der Waals surface area contributed by atoms with Crippen LogP contribution in [-0.4, -0.2) is 0 Å². The van der Waals surface area contributed by atoms with Crippen molar-refractivity contribution in [3.63, 3.8) is 0 Å². The summed E-state index contributed by atoms with van der Waals surface area (Å²) in [6.07, 6.45) is 0. The van der Waals surface area contributed by atoms with Crippen LogP contribution in [0.1, 0.15) is 11.1 Å². The summed E-state index contributed by atoms with van der Waals surface area (Å²) in [7, 11) is 0. The second-order valence-corrected chi connectivity index (χ2v) is 9.63. The van der Waals surface area contributed by atoms with Crippen molar-refractivity contribution in [3.8, 4) is 44.5 Å². The van der Waals surface area contributed by atoms with Gasteiger partial charge in [-0.2, -0.15) is 0 Å². The minimum Gasteiger partial charge on any atom is -0.0622 e. The molecule has 0 radical (unpaired) electrons. The first-order valence-corrected chi connectivity index (χ1v) is 13.1. The van der Waals surface area contributed by atoms with E-state index in [1.807, 2.05) is 12.1 Å². The maximum Gasteiger partial charge on any atom is -0.0178 e. The molecule has 0 aliphatic carbocycles. The Balaban J connectivity index is 0.000000155. The average Bonchev–Trinajstić information content (AvgIpc) is 2.99. The van der Waals surface area contributed by atoms with Crippen LogP contribution in [0, 0.1) is 13.8 Å². The zero-order valence-electron chi connectivity index (χ0n) is 22.0. The van der Waals surface area contributed by atoms with Gasteiger partial charge in [0.25, 0.3) is 0 Å². The van der Waals surface area contributed by atoms with Crippen LogP contribution >= 0.6 is 0 Å². The van der Waals surface area contributed by atoms with Gasteiger partial charge in [-0.05, 0) is 70.5 Å². The van der Waals surface area contributed by atoms with Gasteiger partial charge in [0.05, 0.1) is 0 Å². The lowest BCUT2D eigenvalue weighted by molar-refractivity contribution is 1.47. The number of rotatable bonds is 4. The molecule has 0 amide bonds. The van der Waals surface area contributed by atoms with Gasteiger partial charge < -0.3 is 0 Å². The Bertz CT molecular complexity index is 1590. The highest BCUT2D eigenvalue weighted by Gasteiger charge is 2.02. The molecule has 6 rings (SSSR count). The summed E-state index contributed by atoms with van der Waals surface area (Å²) in [6, 6.07) is 55.7. The minimum absolute atomic E-state index is 1.26. The van der Waals surface area contributed by atoms with Crippen LogP contribution in [0.25, 0.3) is 44.5 Å². The fourth-order valence-electron chi connectivity index (χ4n) is 4.59. The van der Waals surface area contributed by atoms with Crippen LogP contribution in [0.4, 0.5) is 0 Å². The standard InChI is InChI=1S/2C19H16/c1-15-7-5-10-17(13-15)19-12-6-11-18(14-19)16-8-3-2-4-9-16;1-15-10-12-17(13-11-15)19-9-5-8-18(14-19)16-6-3-2-4-7-16/h2*2-14H,1H3. The Morgan fingerprint density at radius 1 is 0.237 bits per heavy atom. The van der Waals surface area contributed by atoms with Crippen molar-refractivity contribution in [1.29, 1.82) is 0 Å². The van der Waals surface area contributed by atoms with Crippen molar-refractivity contribution in [3.05, 3.63) is 169 Å². The van der Waals surface area contributed by atoms with Crippen LogP contribution in [0.2, 0.25) is 0 Å². The van der Waals surface area contributed by atoms with E-state index in [2.05, 4.69) is 159 Å². The van der Waals surface area contributed by atoms with Crippen LogP contribution < -0.4 is 0 Å². The maximum atomic E-state index is 2.25. The highest BCUT2D eigenvalue weighted by Crippen LogP contribution is 2.27. The normalized spacial score (nSPS) is 10.4. The summed E-state index contributed by atoms with van der Waals surface area (Å²) in [5.41, 5.74) is 12.7. The Hall–Kier alpha value is -4.68. The third kappa shape index (κ3) is 6.35. The van der Waals surface area contributed by atoms with E-state index in [9.17, 15) is 0 Å². The van der Waals surface area contributed by atoms with Crippen molar-refractivity contribution in [2.75, 3.05) is 0 Å². The fourth-order valence-corrected chi connectivity index (χ4v) is 4.59. The number of aryl methyl sites for hydroxylation is 2. The Morgan fingerprint density at radius 3 is 1.03 bits per heavy atom. The largest absolute Gasteiger partial charge is 0.0622 e. The molecule has 0 atom stereocenters. The zero-order chi connectivity index (χ0) is 26.2. The predicted molar refractivity (Wildman–Crippen MR) is 164 cm³/mol. The first-order chi connectivity index (χ1) is 18.7. The second-order valence-electron chi connectivity index (χ2n) is 9.63. The Kier molecular flexibility index (Phi) is 7.92. The maximum absolute atomic E-state index is 2.25. The summed E-state index contributed by atoms with van der Waals surface area (Å²) in [5.74, 6) is 0. The lowest BCUT2D eigenvalue weighted by atomic mass is 9.98. The summed E-state index contributed by atoms with van der Waals surface area (Å²) in [6.45, 7) is 4.24. The van der Waals surface area contributed by atoms with Crippen LogP contribution in [0.5, 0.6) is 0 Å². The zero-order valence-corrected chi connectivity index (χ0v) is 22.0. The second kappa shape index (κ2) is 12.0.